The van der Waals surface area contributed by atoms with Gasteiger partial charge in [-0.05, 0) is 36.7 Å². The van der Waals surface area contributed by atoms with Crippen LogP contribution in [-0.4, -0.2) is 12.1 Å². The molecule has 2 heteroatoms. The van der Waals surface area contributed by atoms with E-state index in [1.54, 1.807) is 6.08 Å². The molecule has 0 aliphatic rings. The summed E-state index contributed by atoms with van der Waals surface area (Å²) in [6, 6.07) is 0. The average Bonchev–Trinajstić information content (AvgIpc) is 2.45. The van der Waals surface area contributed by atoms with Crippen LogP contribution in [-0.2, 0) is 9.53 Å². The molecule has 0 amide bonds. The van der Waals surface area contributed by atoms with E-state index in [9.17, 15) is 4.79 Å². The van der Waals surface area contributed by atoms with Crippen LogP contribution in [0.4, 0.5) is 0 Å². The van der Waals surface area contributed by atoms with E-state index in [0.29, 0.717) is 6.42 Å². The minimum absolute atomic E-state index is 0.332. The second-order valence-corrected chi connectivity index (χ2v) is 4.72. The van der Waals surface area contributed by atoms with Gasteiger partial charge in [-0.2, -0.15) is 0 Å². The summed E-state index contributed by atoms with van der Waals surface area (Å²) in [6.07, 6.45) is 12.9. The molecule has 0 N–H and O–H groups in total. The van der Waals surface area contributed by atoms with Crippen molar-refractivity contribution in [3.8, 4) is 23.7 Å². The number of carbonyl (C=O) groups excluding carboxylic acids is 1. The predicted octanol–water partition coefficient (Wildman–Crippen LogP) is 4.42. The van der Waals surface area contributed by atoms with Crippen LogP contribution in [0.2, 0.25) is 0 Å². The Bertz CT molecular complexity index is 438. The van der Waals surface area contributed by atoms with Crippen LogP contribution in [0.15, 0.2) is 24.8 Å². The van der Waals surface area contributed by atoms with E-state index >= 15 is 0 Å². The van der Waals surface area contributed by atoms with E-state index in [1.165, 1.54) is 32.6 Å². The van der Waals surface area contributed by atoms with Gasteiger partial charge in [-0.15, -0.1) is 6.58 Å². The molecule has 1 unspecified atom stereocenters. The van der Waals surface area contributed by atoms with Crippen molar-refractivity contribution in [2.45, 2.75) is 64.9 Å². The summed E-state index contributed by atoms with van der Waals surface area (Å²) < 4.78 is 5.11. The molecule has 0 aromatic heterocycles. The topological polar surface area (TPSA) is 26.3 Å². The van der Waals surface area contributed by atoms with Gasteiger partial charge in [-0.1, -0.05) is 50.7 Å². The number of hydrogen-bond acceptors (Lipinski definition) is 2. The number of allylic oxidation sites excluding steroid dienone is 2. The van der Waals surface area contributed by atoms with Crippen molar-refractivity contribution in [1.29, 1.82) is 0 Å². The van der Waals surface area contributed by atoms with Gasteiger partial charge >= 0.3 is 5.97 Å². The summed E-state index contributed by atoms with van der Waals surface area (Å²) in [4.78, 5) is 11.0. The molecule has 0 aliphatic heterocycles. The molecule has 21 heavy (non-hydrogen) atoms. The maximum Gasteiger partial charge on any atom is 0.304 e. The van der Waals surface area contributed by atoms with Crippen LogP contribution in [0.5, 0.6) is 0 Å². The molecule has 0 aromatic carbocycles. The van der Waals surface area contributed by atoms with Crippen molar-refractivity contribution < 1.29 is 9.53 Å². The molecule has 0 rings (SSSR count). The lowest BCUT2D eigenvalue weighted by Crippen LogP contribution is -2.11. The number of hydrogen-bond donors (Lipinski definition) is 0. The molecule has 114 valence electrons. The highest BCUT2D eigenvalue weighted by molar-refractivity contribution is 5.66. The summed E-state index contributed by atoms with van der Waals surface area (Å²) in [5.41, 5.74) is 0. The van der Waals surface area contributed by atoms with Gasteiger partial charge < -0.3 is 4.74 Å². The first-order valence-electron chi connectivity index (χ1n) is 7.63. The quantitative estimate of drug-likeness (QED) is 0.271. The third kappa shape index (κ3) is 14.3. The molecule has 0 saturated carbocycles. The fourth-order valence-corrected chi connectivity index (χ4v) is 1.66. The zero-order valence-corrected chi connectivity index (χ0v) is 13.3. The van der Waals surface area contributed by atoms with Gasteiger partial charge in [0.1, 0.15) is 0 Å². The van der Waals surface area contributed by atoms with Crippen molar-refractivity contribution in [2.75, 3.05) is 0 Å². The summed E-state index contributed by atoms with van der Waals surface area (Å²) in [5, 5.41) is 0. The summed E-state index contributed by atoms with van der Waals surface area (Å²) >= 11 is 0. The number of esters is 1. The summed E-state index contributed by atoms with van der Waals surface area (Å²) in [7, 11) is 0. The first kappa shape index (κ1) is 19.1. The number of rotatable bonds is 9. The monoisotopic (exact) mass is 286 g/mol. The van der Waals surface area contributed by atoms with Crippen LogP contribution in [0.1, 0.15) is 58.8 Å². The smallest absolute Gasteiger partial charge is 0.304 e. The zero-order chi connectivity index (χ0) is 15.8. The first-order valence-corrected chi connectivity index (χ1v) is 7.63. The van der Waals surface area contributed by atoms with Gasteiger partial charge in [0.05, 0.1) is 0 Å². The molecule has 0 aromatic rings. The van der Waals surface area contributed by atoms with E-state index in [-0.39, 0.29) is 5.97 Å². The Hall–Kier alpha value is -1.93. The van der Waals surface area contributed by atoms with Crippen molar-refractivity contribution in [3.05, 3.63) is 24.8 Å². The van der Waals surface area contributed by atoms with Crippen LogP contribution in [0.3, 0.4) is 0 Å². The maximum atomic E-state index is 11.0. The van der Waals surface area contributed by atoms with Gasteiger partial charge in [0, 0.05) is 13.3 Å². The average molecular weight is 286 g/mol. The Morgan fingerprint density at radius 2 is 2.00 bits per heavy atom. The Labute approximate surface area is 129 Å². The molecule has 0 spiro atoms. The molecular weight excluding hydrogens is 260 g/mol. The van der Waals surface area contributed by atoms with Gasteiger partial charge in [-0.3, -0.25) is 4.79 Å². The number of ether oxygens (including phenoxy) is 1. The Morgan fingerprint density at radius 3 is 2.67 bits per heavy atom. The fraction of sp³-hybridized carbons (Fsp3) is 0.526. The minimum Gasteiger partial charge on any atom is -0.445 e. The molecule has 0 bridgehead atoms. The molecule has 0 fully saturated rings. The van der Waals surface area contributed by atoms with E-state index in [0.717, 1.165) is 12.8 Å². The fourth-order valence-electron chi connectivity index (χ4n) is 1.66. The van der Waals surface area contributed by atoms with Gasteiger partial charge in [0.15, 0.2) is 6.10 Å². The van der Waals surface area contributed by atoms with E-state index in [4.69, 9.17) is 4.74 Å². The molecule has 0 saturated heterocycles. The highest BCUT2D eigenvalue weighted by Gasteiger charge is 2.02. The lowest BCUT2D eigenvalue weighted by atomic mass is 10.1. The largest absolute Gasteiger partial charge is 0.445 e. The Balaban J connectivity index is 4.20. The van der Waals surface area contributed by atoms with Crippen molar-refractivity contribution in [1.82, 2.24) is 0 Å². The molecule has 1 atom stereocenters. The highest BCUT2D eigenvalue weighted by atomic mass is 16.5. The van der Waals surface area contributed by atoms with E-state index in [1.807, 2.05) is 12.2 Å². The first-order chi connectivity index (χ1) is 10.2. The molecule has 0 aliphatic carbocycles. The second kappa shape index (κ2) is 14.5. The highest BCUT2D eigenvalue weighted by Crippen LogP contribution is 2.06. The summed E-state index contributed by atoms with van der Waals surface area (Å²) in [6.45, 7) is 7.17. The zero-order valence-electron chi connectivity index (χ0n) is 13.3. The SMILES string of the molecule is C=CCC#CC#CC(C=CCCCCCCC)OC(C)=O. The lowest BCUT2D eigenvalue weighted by molar-refractivity contribution is -0.142. The standard InChI is InChI=1S/C19H26O2/c1-4-6-8-10-11-13-15-17-19(21-18(3)20)16-14-12-9-7-5-2/h5,15,17,19H,2,4,6-8,10-11,13H2,1,3H3. The third-order valence-corrected chi connectivity index (χ3v) is 2.69. The van der Waals surface area contributed by atoms with Crippen LogP contribution in [0.25, 0.3) is 0 Å². The summed E-state index contributed by atoms with van der Waals surface area (Å²) in [5.74, 6) is 10.7. The molecule has 2 nitrogen and oxygen atoms in total. The Morgan fingerprint density at radius 1 is 1.24 bits per heavy atom. The second-order valence-electron chi connectivity index (χ2n) is 4.72. The van der Waals surface area contributed by atoms with E-state index < -0.39 is 6.10 Å². The van der Waals surface area contributed by atoms with Gasteiger partial charge in [0.25, 0.3) is 0 Å². The van der Waals surface area contributed by atoms with E-state index in [2.05, 4.69) is 37.2 Å². The number of unbranched alkanes of at least 4 members (excludes halogenated alkanes) is 5. The van der Waals surface area contributed by atoms with Crippen LogP contribution < -0.4 is 0 Å². The minimum atomic E-state index is -0.504. The maximum absolute atomic E-state index is 11.0. The van der Waals surface area contributed by atoms with Gasteiger partial charge in [0.2, 0.25) is 0 Å². The number of carbonyl (C=O) groups is 1. The lowest BCUT2D eigenvalue weighted by Gasteiger charge is -2.05. The van der Waals surface area contributed by atoms with Crippen LogP contribution in [0, 0.1) is 23.7 Å². The third-order valence-electron chi connectivity index (χ3n) is 2.69. The normalized spacial score (nSPS) is 11.0. The molecule has 0 heterocycles. The van der Waals surface area contributed by atoms with Crippen molar-refractivity contribution >= 4 is 5.97 Å². The Kier molecular flexibility index (Phi) is 13.1. The van der Waals surface area contributed by atoms with Crippen molar-refractivity contribution in [3.63, 3.8) is 0 Å². The predicted molar refractivity (Wildman–Crippen MR) is 88.4 cm³/mol. The molecular formula is C19H26O2. The molecule has 0 radical (unpaired) electrons. The van der Waals surface area contributed by atoms with Gasteiger partial charge in [-0.25, -0.2) is 0 Å². The van der Waals surface area contributed by atoms with Crippen LogP contribution >= 0.6 is 0 Å². The van der Waals surface area contributed by atoms with Crippen molar-refractivity contribution in [2.24, 2.45) is 0 Å².